The Morgan fingerprint density at radius 1 is 1.00 bits per heavy atom. The van der Waals surface area contributed by atoms with Gasteiger partial charge in [0.05, 0.1) is 23.9 Å². The van der Waals surface area contributed by atoms with Gasteiger partial charge in [0.2, 0.25) is 0 Å². The van der Waals surface area contributed by atoms with E-state index in [2.05, 4.69) is 10.5 Å². The number of carbonyl (C=O) groups excluding carboxylic acids is 2. The summed E-state index contributed by atoms with van der Waals surface area (Å²) in [5, 5.41) is 3.96. The van der Waals surface area contributed by atoms with Gasteiger partial charge in [0.25, 0.3) is 15.9 Å². The van der Waals surface area contributed by atoms with E-state index in [0.717, 1.165) is 9.87 Å². The van der Waals surface area contributed by atoms with Crippen molar-refractivity contribution in [2.24, 2.45) is 5.10 Å². The van der Waals surface area contributed by atoms with Gasteiger partial charge in [-0.25, -0.2) is 18.6 Å². The van der Waals surface area contributed by atoms with Crippen molar-refractivity contribution in [1.29, 1.82) is 0 Å². The first-order chi connectivity index (χ1) is 18.9. The maximum atomic E-state index is 13.5. The highest BCUT2D eigenvalue weighted by molar-refractivity contribution is 7.92. The molecule has 1 amide bonds. The van der Waals surface area contributed by atoms with Crippen molar-refractivity contribution in [3.63, 3.8) is 0 Å². The van der Waals surface area contributed by atoms with Gasteiger partial charge in [0, 0.05) is 0 Å². The molecule has 3 aromatic rings. The van der Waals surface area contributed by atoms with Crippen LogP contribution in [0.15, 0.2) is 82.8 Å². The molecule has 0 aliphatic carbocycles. The Bertz CT molecular complexity index is 1450. The maximum absolute atomic E-state index is 13.5. The monoisotopic (exact) mass is 567 g/mol. The highest BCUT2D eigenvalue weighted by atomic mass is 32.2. The van der Waals surface area contributed by atoms with Crippen LogP contribution in [0.25, 0.3) is 0 Å². The molecule has 0 saturated carbocycles. The first-order valence-electron chi connectivity index (χ1n) is 12.4. The molecule has 0 atom stereocenters. The first-order valence-corrected chi connectivity index (χ1v) is 13.8. The van der Waals surface area contributed by atoms with E-state index in [1.165, 1.54) is 25.5 Å². The van der Waals surface area contributed by atoms with Crippen molar-refractivity contribution in [1.82, 2.24) is 5.43 Å². The summed E-state index contributed by atoms with van der Waals surface area (Å²) in [7, 11) is -2.68. The number of nitrogens with zero attached hydrogens (tertiary/aromatic N) is 2. The van der Waals surface area contributed by atoms with Gasteiger partial charge in [-0.1, -0.05) is 24.3 Å². The Hall–Kier alpha value is -4.38. The summed E-state index contributed by atoms with van der Waals surface area (Å²) < 4.78 is 44.1. The number of rotatable bonds is 11. The number of anilines is 1. The first kappa shape index (κ1) is 30.2. The van der Waals surface area contributed by atoms with Crippen LogP contribution in [0.3, 0.4) is 0 Å². The average molecular weight is 568 g/mol. The summed E-state index contributed by atoms with van der Waals surface area (Å²) in [5.41, 5.74) is 3.44. The minimum Gasteiger partial charge on any atom is -0.495 e. The molecule has 3 aromatic carbocycles. The molecule has 40 heavy (non-hydrogen) atoms. The van der Waals surface area contributed by atoms with Crippen LogP contribution in [0, 0.1) is 6.92 Å². The largest absolute Gasteiger partial charge is 0.495 e. The lowest BCUT2D eigenvalue weighted by atomic mass is 10.2. The SMILES string of the molecule is COc1ccc(C)cc1N(CC(=O)N/N=C\c1ccc(OCC(=O)OC(C)(C)C)cc1)S(=O)(=O)c1ccccc1. The second-order valence-corrected chi connectivity index (χ2v) is 11.6. The van der Waals surface area contributed by atoms with E-state index in [4.69, 9.17) is 14.2 Å². The van der Waals surface area contributed by atoms with Gasteiger partial charge in [-0.2, -0.15) is 5.10 Å². The molecule has 0 saturated heterocycles. The Labute approximate surface area is 234 Å². The van der Waals surface area contributed by atoms with Crippen LogP contribution in [0.5, 0.6) is 11.5 Å². The van der Waals surface area contributed by atoms with Crippen LogP contribution in [-0.4, -0.2) is 52.4 Å². The van der Waals surface area contributed by atoms with Crippen molar-refractivity contribution in [3.05, 3.63) is 83.9 Å². The summed E-state index contributed by atoms with van der Waals surface area (Å²) in [6, 6.07) is 19.6. The van der Waals surface area contributed by atoms with E-state index < -0.39 is 34.0 Å². The molecule has 0 spiro atoms. The van der Waals surface area contributed by atoms with E-state index in [1.807, 2.05) is 6.92 Å². The summed E-state index contributed by atoms with van der Waals surface area (Å²) in [5.74, 6) is -0.375. The number of carbonyl (C=O) groups is 2. The topological polar surface area (TPSA) is 124 Å². The van der Waals surface area contributed by atoms with E-state index in [-0.39, 0.29) is 17.2 Å². The van der Waals surface area contributed by atoms with Crippen molar-refractivity contribution >= 4 is 33.8 Å². The number of hydrogen-bond donors (Lipinski definition) is 1. The molecule has 0 aliphatic heterocycles. The summed E-state index contributed by atoms with van der Waals surface area (Å²) in [4.78, 5) is 24.7. The third kappa shape index (κ3) is 8.57. The average Bonchev–Trinajstić information content (AvgIpc) is 2.90. The summed E-state index contributed by atoms with van der Waals surface area (Å²) in [6.45, 7) is 6.38. The molecular weight excluding hydrogens is 534 g/mol. The van der Waals surface area contributed by atoms with Gasteiger partial charge in [-0.15, -0.1) is 0 Å². The van der Waals surface area contributed by atoms with Crippen molar-refractivity contribution < 1.29 is 32.2 Å². The third-order valence-corrected chi connectivity index (χ3v) is 7.06. The number of aryl methyl sites for hydroxylation is 1. The zero-order valence-electron chi connectivity index (χ0n) is 23.1. The van der Waals surface area contributed by atoms with Gasteiger partial charge < -0.3 is 14.2 Å². The smallest absolute Gasteiger partial charge is 0.344 e. The number of esters is 1. The van der Waals surface area contributed by atoms with Crippen molar-refractivity contribution in [2.45, 2.75) is 38.2 Å². The van der Waals surface area contributed by atoms with E-state index in [9.17, 15) is 18.0 Å². The number of benzene rings is 3. The molecule has 0 aliphatic rings. The summed E-state index contributed by atoms with van der Waals surface area (Å²) in [6.07, 6.45) is 1.40. The van der Waals surface area contributed by atoms with Gasteiger partial charge >= 0.3 is 5.97 Å². The number of hydrazone groups is 1. The number of nitrogens with one attached hydrogen (secondary N) is 1. The molecule has 10 nitrogen and oxygen atoms in total. The minimum absolute atomic E-state index is 0.0313. The Morgan fingerprint density at radius 3 is 2.30 bits per heavy atom. The number of hydrogen-bond acceptors (Lipinski definition) is 8. The second kappa shape index (κ2) is 13.1. The predicted molar refractivity (Wildman–Crippen MR) is 152 cm³/mol. The van der Waals surface area contributed by atoms with Crippen LogP contribution in [-0.2, 0) is 24.3 Å². The minimum atomic E-state index is -4.11. The maximum Gasteiger partial charge on any atom is 0.344 e. The molecule has 0 radical (unpaired) electrons. The third-order valence-electron chi connectivity index (χ3n) is 5.28. The molecule has 0 aromatic heterocycles. The van der Waals surface area contributed by atoms with Gasteiger partial charge in [-0.3, -0.25) is 9.10 Å². The lowest BCUT2D eigenvalue weighted by Crippen LogP contribution is -2.39. The molecule has 212 valence electrons. The van der Waals surface area contributed by atoms with E-state index in [0.29, 0.717) is 17.1 Å². The quantitative estimate of drug-likeness (QED) is 0.210. The van der Waals surface area contributed by atoms with Crippen molar-refractivity contribution in [3.8, 4) is 11.5 Å². The fourth-order valence-electron chi connectivity index (χ4n) is 3.52. The lowest BCUT2D eigenvalue weighted by molar-refractivity contribution is -0.157. The molecule has 1 N–H and O–H groups in total. The van der Waals surface area contributed by atoms with Crippen LogP contribution >= 0.6 is 0 Å². The standard InChI is InChI=1S/C29H33N3O7S/c1-21-11-16-26(37-5)25(17-21)32(40(35,36)24-9-7-6-8-10-24)19-27(33)31-30-18-22-12-14-23(15-13-22)38-20-28(34)39-29(2,3)4/h6-18H,19-20H2,1-5H3,(H,31,33)/b30-18-. The van der Waals surface area contributed by atoms with Crippen LogP contribution < -0.4 is 19.2 Å². The number of methoxy groups -OCH3 is 1. The highest BCUT2D eigenvalue weighted by Crippen LogP contribution is 2.33. The van der Waals surface area contributed by atoms with Crippen molar-refractivity contribution in [2.75, 3.05) is 24.6 Å². The number of sulfonamides is 1. The Morgan fingerprint density at radius 2 is 1.68 bits per heavy atom. The Balaban J connectivity index is 1.70. The van der Waals surface area contributed by atoms with Crippen LogP contribution in [0.2, 0.25) is 0 Å². The fourth-order valence-corrected chi connectivity index (χ4v) is 4.97. The molecule has 0 unspecified atom stereocenters. The lowest BCUT2D eigenvalue weighted by Gasteiger charge is -2.25. The van der Waals surface area contributed by atoms with Gasteiger partial charge in [0.15, 0.2) is 6.61 Å². The molecule has 0 bridgehead atoms. The molecule has 0 fully saturated rings. The zero-order valence-corrected chi connectivity index (χ0v) is 23.9. The van der Waals surface area contributed by atoms with E-state index >= 15 is 0 Å². The highest BCUT2D eigenvalue weighted by Gasteiger charge is 2.29. The van der Waals surface area contributed by atoms with Crippen LogP contribution in [0.4, 0.5) is 5.69 Å². The molecule has 3 rings (SSSR count). The fraction of sp³-hybridized carbons (Fsp3) is 0.276. The number of amides is 1. The predicted octanol–water partition coefficient (Wildman–Crippen LogP) is 4.07. The molecular formula is C29H33N3O7S. The zero-order chi connectivity index (χ0) is 29.3. The summed E-state index contributed by atoms with van der Waals surface area (Å²) >= 11 is 0. The van der Waals surface area contributed by atoms with Gasteiger partial charge in [0.1, 0.15) is 23.6 Å². The molecule has 11 heteroatoms. The normalized spacial score (nSPS) is 11.6. The molecule has 0 heterocycles. The Kier molecular flexibility index (Phi) is 9.89. The van der Waals surface area contributed by atoms with Crippen LogP contribution in [0.1, 0.15) is 31.9 Å². The van der Waals surface area contributed by atoms with Gasteiger partial charge in [-0.05, 0) is 87.4 Å². The second-order valence-electron chi connectivity index (χ2n) is 9.74. The number of ether oxygens (including phenoxy) is 3. The van der Waals surface area contributed by atoms with E-state index in [1.54, 1.807) is 81.4 Å².